The van der Waals surface area contributed by atoms with E-state index in [0.29, 0.717) is 18.7 Å². The number of hydrogen-bond acceptors (Lipinski definition) is 6. The number of amides is 1. The maximum atomic E-state index is 13.3. The number of methoxy groups -OCH3 is 1. The van der Waals surface area contributed by atoms with Gasteiger partial charge in [-0.25, -0.2) is 9.97 Å². The number of anilines is 1. The molecule has 4 rings (SSSR count). The van der Waals surface area contributed by atoms with Gasteiger partial charge in [0.1, 0.15) is 5.69 Å². The van der Waals surface area contributed by atoms with Crippen LogP contribution in [0.4, 0.5) is 5.95 Å². The zero-order valence-electron chi connectivity index (χ0n) is 14.7. The minimum atomic E-state index is -0.383. The summed E-state index contributed by atoms with van der Waals surface area (Å²) < 4.78 is 5.84. The molecule has 1 saturated carbocycles. The van der Waals surface area contributed by atoms with Crippen molar-refractivity contribution in [3.8, 4) is 0 Å². The van der Waals surface area contributed by atoms with Gasteiger partial charge in [0, 0.05) is 24.9 Å². The molecular weight excluding hydrogens is 320 g/mol. The van der Waals surface area contributed by atoms with Gasteiger partial charge in [0.15, 0.2) is 0 Å². The number of nitrogens with zero attached hydrogens (tertiary/aromatic N) is 3. The highest BCUT2D eigenvalue weighted by molar-refractivity contribution is 5.95. The highest BCUT2D eigenvalue weighted by Crippen LogP contribution is 2.43. The van der Waals surface area contributed by atoms with E-state index in [-0.39, 0.29) is 29.6 Å². The molecule has 1 aromatic heterocycles. The molecule has 1 aliphatic heterocycles. The molecule has 7 nitrogen and oxygen atoms in total. The molecule has 3 aliphatic rings. The number of aromatic nitrogens is 2. The van der Waals surface area contributed by atoms with E-state index in [1.54, 1.807) is 7.11 Å². The molecule has 3 N–H and O–H groups in total. The van der Waals surface area contributed by atoms with Crippen molar-refractivity contribution < 1.29 is 14.6 Å². The molecule has 1 saturated heterocycles. The van der Waals surface area contributed by atoms with E-state index < -0.39 is 0 Å². The van der Waals surface area contributed by atoms with Gasteiger partial charge in [-0.05, 0) is 51.4 Å². The number of hydrogen-bond donors (Lipinski definition) is 2. The van der Waals surface area contributed by atoms with Gasteiger partial charge in [0.25, 0.3) is 5.91 Å². The van der Waals surface area contributed by atoms with Crippen LogP contribution in [0.25, 0.3) is 0 Å². The quantitative estimate of drug-likeness (QED) is 0.831. The number of carbonyl (C=O) groups excluding carboxylic acids is 1. The first kappa shape index (κ1) is 16.7. The summed E-state index contributed by atoms with van der Waals surface area (Å²) in [4.78, 5) is 23.8. The van der Waals surface area contributed by atoms with Gasteiger partial charge in [-0.15, -0.1) is 0 Å². The van der Waals surface area contributed by atoms with Gasteiger partial charge in [0.05, 0.1) is 17.7 Å². The molecule has 2 heterocycles. The molecule has 136 valence electrons. The zero-order chi connectivity index (χ0) is 17.6. The van der Waals surface area contributed by atoms with Gasteiger partial charge in [-0.3, -0.25) is 4.79 Å². The largest absolute Gasteiger partial charge is 0.393 e. The Kier molecular flexibility index (Phi) is 4.16. The molecule has 1 aromatic rings. The van der Waals surface area contributed by atoms with Crippen LogP contribution in [0.15, 0.2) is 0 Å². The Hall–Kier alpha value is -1.73. The Labute approximate surface area is 147 Å². The van der Waals surface area contributed by atoms with Crippen molar-refractivity contribution in [2.45, 2.75) is 69.1 Å². The lowest BCUT2D eigenvalue weighted by atomic mass is 9.79. The summed E-state index contributed by atoms with van der Waals surface area (Å²) in [5.74, 6) is 0.0788. The van der Waals surface area contributed by atoms with Crippen LogP contribution in [-0.2, 0) is 17.6 Å². The monoisotopic (exact) mass is 346 g/mol. The standard InChI is InChI=1S/C18H26N4O3/c1-25-18-7-6-11(23)10-14(18)22(9-8-18)16(24)15-12-4-2-3-5-13(12)20-17(19)21-15/h11,14,23H,2-10H2,1H3,(H2,19,20,21)/t11-,14-,18+/m0/s1. The smallest absolute Gasteiger partial charge is 0.273 e. The first-order chi connectivity index (χ1) is 12.0. The maximum Gasteiger partial charge on any atom is 0.273 e. The number of aryl methyl sites for hydroxylation is 1. The third kappa shape index (κ3) is 2.69. The van der Waals surface area contributed by atoms with Crippen LogP contribution in [0.3, 0.4) is 0 Å². The van der Waals surface area contributed by atoms with Crippen LogP contribution in [-0.4, -0.2) is 57.3 Å². The molecule has 7 heteroatoms. The highest BCUT2D eigenvalue weighted by Gasteiger charge is 2.52. The van der Waals surface area contributed by atoms with Crippen molar-refractivity contribution in [2.24, 2.45) is 0 Å². The molecule has 2 aliphatic carbocycles. The first-order valence-corrected chi connectivity index (χ1v) is 9.23. The predicted molar refractivity (Wildman–Crippen MR) is 92.1 cm³/mol. The zero-order valence-corrected chi connectivity index (χ0v) is 14.7. The van der Waals surface area contributed by atoms with E-state index in [2.05, 4.69) is 9.97 Å². The summed E-state index contributed by atoms with van der Waals surface area (Å²) >= 11 is 0. The van der Waals surface area contributed by atoms with E-state index in [1.807, 2.05) is 4.90 Å². The van der Waals surface area contributed by atoms with Crippen LogP contribution in [0.5, 0.6) is 0 Å². The first-order valence-electron chi connectivity index (χ1n) is 9.23. The Morgan fingerprint density at radius 2 is 2.12 bits per heavy atom. The second-order valence-corrected chi connectivity index (χ2v) is 7.52. The van der Waals surface area contributed by atoms with E-state index in [4.69, 9.17) is 10.5 Å². The lowest BCUT2D eigenvalue weighted by Crippen LogP contribution is -2.53. The molecule has 1 amide bonds. The fourth-order valence-electron chi connectivity index (χ4n) is 4.85. The third-order valence-electron chi connectivity index (χ3n) is 6.23. The number of carbonyl (C=O) groups is 1. The van der Waals surface area contributed by atoms with E-state index in [9.17, 15) is 9.90 Å². The SMILES string of the molecule is CO[C@@]12CC[C@H](O)C[C@@H]1N(C(=O)c1nc(N)nc3c1CCCC3)CC2. The number of nitrogens with two attached hydrogens (primary N) is 1. The summed E-state index contributed by atoms with van der Waals surface area (Å²) in [5, 5.41) is 10.1. The highest BCUT2D eigenvalue weighted by atomic mass is 16.5. The van der Waals surface area contributed by atoms with Crippen LogP contribution in [0, 0.1) is 0 Å². The van der Waals surface area contributed by atoms with Crippen molar-refractivity contribution in [3.05, 3.63) is 17.0 Å². The normalized spacial score (nSPS) is 31.5. The number of ether oxygens (including phenoxy) is 1. The average molecular weight is 346 g/mol. The molecule has 0 bridgehead atoms. The number of rotatable bonds is 2. The molecule has 25 heavy (non-hydrogen) atoms. The second kappa shape index (κ2) is 6.21. The number of aliphatic hydroxyl groups is 1. The molecule has 0 spiro atoms. The molecule has 0 unspecified atom stereocenters. The Balaban J connectivity index is 1.69. The molecule has 0 aromatic carbocycles. The minimum absolute atomic E-state index is 0.0923. The number of fused-ring (bicyclic) bond motifs is 2. The van der Waals surface area contributed by atoms with Crippen LogP contribution in [0.1, 0.15) is 60.3 Å². The molecule has 0 radical (unpaired) electrons. The average Bonchev–Trinajstić information content (AvgIpc) is 2.99. The lowest BCUT2D eigenvalue weighted by molar-refractivity contribution is -0.0825. The molecule has 2 fully saturated rings. The van der Waals surface area contributed by atoms with E-state index in [1.165, 1.54) is 0 Å². The van der Waals surface area contributed by atoms with Crippen molar-refractivity contribution >= 4 is 11.9 Å². The van der Waals surface area contributed by atoms with Crippen molar-refractivity contribution in [3.63, 3.8) is 0 Å². The molecular formula is C18H26N4O3. The summed E-state index contributed by atoms with van der Waals surface area (Å²) in [7, 11) is 1.71. The Bertz CT molecular complexity index is 695. The van der Waals surface area contributed by atoms with Crippen molar-refractivity contribution in [2.75, 3.05) is 19.4 Å². The van der Waals surface area contributed by atoms with Crippen molar-refractivity contribution in [1.29, 1.82) is 0 Å². The summed E-state index contributed by atoms with van der Waals surface area (Å²) in [5.41, 5.74) is 7.86. The Morgan fingerprint density at radius 1 is 1.32 bits per heavy atom. The number of nitrogen functional groups attached to an aromatic ring is 1. The summed E-state index contributed by atoms with van der Waals surface area (Å²) in [6, 6.07) is -0.107. The van der Waals surface area contributed by atoms with Crippen LogP contribution >= 0.6 is 0 Å². The fourth-order valence-corrected chi connectivity index (χ4v) is 4.85. The van der Waals surface area contributed by atoms with Gasteiger partial charge in [-0.2, -0.15) is 0 Å². The number of aliphatic hydroxyl groups excluding tert-OH is 1. The lowest BCUT2D eigenvalue weighted by Gasteiger charge is -2.42. The Morgan fingerprint density at radius 3 is 2.92 bits per heavy atom. The number of likely N-dealkylation sites (tertiary alicyclic amines) is 1. The third-order valence-corrected chi connectivity index (χ3v) is 6.23. The van der Waals surface area contributed by atoms with Gasteiger partial charge in [0.2, 0.25) is 5.95 Å². The summed E-state index contributed by atoms with van der Waals surface area (Å²) in [6.07, 6.45) is 6.28. The van der Waals surface area contributed by atoms with Gasteiger partial charge >= 0.3 is 0 Å². The van der Waals surface area contributed by atoms with E-state index >= 15 is 0 Å². The second-order valence-electron chi connectivity index (χ2n) is 7.52. The maximum absolute atomic E-state index is 13.3. The molecule has 3 atom stereocenters. The van der Waals surface area contributed by atoms with E-state index in [0.717, 1.165) is 56.2 Å². The van der Waals surface area contributed by atoms with Crippen LogP contribution < -0.4 is 5.73 Å². The van der Waals surface area contributed by atoms with Gasteiger partial charge < -0.3 is 20.5 Å². The van der Waals surface area contributed by atoms with Crippen LogP contribution in [0.2, 0.25) is 0 Å². The summed E-state index contributed by atoms with van der Waals surface area (Å²) in [6.45, 7) is 0.628. The van der Waals surface area contributed by atoms with Gasteiger partial charge in [-0.1, -0.05) is 0 Å². The van der Waals surface area contributed by atoms with Crippen molar-refractivity contribution in [1.82, 2.24) is 14.9 Å². The minimum Gasteiger partial charge on any atom is -0.393 e. The fraction of sp³-hybridized carbons (Fsp3) is 0.722. The predicted octanol–water partition coefficient (Wildman–Crippen LogP) is 1.08. The topological polar surface area (TPSA) is 102 Å².